The summed E-state index contributed by atoms with van der Waals surface area (Å²) < 4.78 is 23.6. The smallest absolute Gasteiger partial charge is 0.255 e. The van der Waals surface area contributed by atoms with Gasteiger partial charge in [0.15, 0.2) is 14.9 Å². The van der Waals surface area contributed by atoms with Crippen LogP contribution in [-0.2, 0) is 14.6 Å². The van der Waals surface area contributed by atoms with Crippen molar-refractivity contribution in [3.63, 3.8) is 0 Å². The Kier molecular flexibility index (Phi) is 6.73. The van der Waals surface area contributed by atoms with E-state index in [1.807, 2.05) is 37.3 Å². The first-order valence-corrected chi connectivity index (χ1v) is 13.9. The Bertz CT molecular complexity index is 1670. The number of carbonyl (C=O) groups excluding carboxylic acids is 2. The van der Waals surface area contributed by atoms with Gasteiger partial charge in [-0.05, 0) is 85.0 Å². The zero-order valence-corrected chi connectivity index (χ0v) is 21.6. The molecule has 4 aromatic rings. The average molecular weight is 528 g/mol. The first kappa shape index (κ1) is 25.2. The van der Waals surface area contributed by atoms with Gasteiger partial charge < -0.3 is 10.6 Å². The van der Waals surface area contributed by atoms with Crippen LogP contribution < -0.4 is 10.6 Å². The molecule has 2 amide bonds. The molecule has 0 saturated heterocycles. The largest absolute Gasteiger partial charge is 0.322 e. The molecule has 5 rings (SSSR count). The van der Waals surface area contributed by atoms with E-state index < -0.39 is 15.7 Å². The van der Waals surface area contributed by atoms with Crippen LogP contribution in [0.3, 0.4) is 0 Å². The molecule has 0 aliphatic heterocycles. The lowest BCUT2D eigenvalue weighted by Gasteiger charge is -2.12. The Morgan fingerprint density at radius 2 is 1.58 bits per heavy atom. The summed E-state index contributed by atoms with van der Waals surface area (Å²) in [6, 6.07) is 15.7. The number of aromatic nitrogens is 3. The minimum atomic E-state index is -3.54. The van der Waals surface area contributed by atoms with Crippen molar-refractivity contribution in [3.05, 3.63) is 84.3 Å². The number of rotatable bonds is 7. The number of nitrogens with one attached hydrogen (secondary N) is 2. The van der Waals surface area contributed by atoms with Crippen molar-refractivity contribution in [1.82, 2.24) is 15.0 Å². The second kappa shape index (κ2) is 10.1. The molecule has 9 nitrogen and oxygen atoms in total. The van der Waals surface area contributed by atoms with Crippen molar-refractivity contribution in [3.8, 4) is 22.4 Å². The standard InChI is InChI=1S/C28H25N5O4S/c1-17-3-6-22(32-28(35)21-9-12-31-26(15-21)38(2,36)37)16-23(17)19-7-10-29-24(13-19)20-8-11-30-25(14-20)33-27(34)18-4-5-18/h3,6-16,18H,4-5H2,1-2H3,(H,32,35)(H,30,33,34). The van der Waals surface area contributed by atoms with E-state index in [1.165, 1.54) is 18.3 Å². The minimum absolute atomic E-state index is 0.00912. The highest BCUT2D eigenvalue weighted by Gasteiger charge is 2.29. The molecular weight excluding hydrogens is 502 g/mol. The van der Waals surface area contributed by atoms with Crippen molar-refractivity contribution in [2.45, 2.75) is 24.8 Å². The van der Waals surface area contributed by atoms with Gasteiger partial charge in [0.2, 0.25) is 5.91 Å². The zero-order chi connectivity index (χ0) is 26.9. The van der Waals surface area contributed by atoms with E-state index in [-0.39, 0.29) is 22.4 Å². The summed E-state index contributed by atoms with van der Waals surface area (Å²) in [6.45, 7) is 1.97. The Labute approximate surface area is 220 Å². The normalized spacial score (nSPS) is 13.1. The molecule has 3 heterocycles. The summed E-state index contributed by atoms with van der Waals surface area (Å²) in [7, 11) is -3.54. The summed E-state index contributed by atoms with van der Waals surface area (Å²) in [5.41, 5.74) is 5.06. The van der Waals surface area contributed by atoms with Gasteiger partial charge in [0.1, 0.15) is 5.82 Å². The van der Waals surface area contributed by atoms with Crippen molar-refractivity contribution in [1.29, 1.82) is 0 Å². The van der Waals surface area contributed by atoms with E-state index in [2.05, 4.69) is 25.6 Å². The minimum Gasteiger partial charge on any atom is -0.322 e. The lowest BCUT2D eigenvalue weighted by molar-refractivity contribution is -0.117. The molecule has 0 bridgehead atoms. The predicted molar refractivity (Wildman–Crippen MR) is 144 cm³/mol. The number of anilines is 2. The number of carbonyl (C=O) groups is 2. The van der Waals surface area contributed by atoms with E-state index in [0.717, 1.165) is 41.4 Å². The molecule has 192 valence electrons. The molecule has 1 aliphatic rings. The number of nitrogens with zero attached hydrogens (tertiary/aromatic N) is 3. The van der Waals surface area contributed by atoms with Crippen LogP contribution in [0.25, 0.3) is 22.4 Å². The second-order valence-electron chi connectivity index (χ2n) is 9.26. The van der Waals surface area contributed by atoms with Gasteiger partial charge in [-0.3, -0.25) is 14.6 Å². The van der Waals surface area contributed by atoms with E-state index in [0.29, 0.717) is 17.2 Å². The number of sulfone groups is 1. The van der Waals surface area contributed by atoms with E-state index in [4.69, 9.17) is 0 Å². The van der Waals surface area contributed by atoms with E-state index >= 15 is 0 Å². The maximum absolute atomic E-state index is 12.8. The van der Waals surface area contributed by atoms with Gasteiger partial charge in [0, 0.05) is 47.6 Å². The molecule has 0 unspecified atom stereocenters. The molecule has 0 atom stereocenters. The first-order chi connectivity index (χ1) is 18.2. The van der Waals surface area contributed by atoms with Gasteiger partial charge >= 0.3 is 0 Å². The molecule has 3 aromatic heterocycles. The molecule has 1 aliphatic carbocycles. The maximum atomic E-state index is 12.8. The third-order valence-corrected chi connectivity index (χ3v) is 7.18. The van der Waals surface area contributed by atoms with Gasteiger partial charge in [-0.25, -0.2) is 18.4 Å². The van der Waals surface area contributed by atoms with Gasteiger partial charge in [0.05, 0.1) is 5.69 Å². The molecule has 1 fully saturated rings. The lowest BCUT2D eigenvalue weighted by atomic mass is 9.99. The van der Waals surface area contributed by atoms with Crippen LogP contribution in [-0.4, -0.2) is 41.4 Å². The number of hydrogen-bond acceptors (Lipinski definition) is 7. The number of aryl methyl sites for hydroxylation is 1. The zero-order valence-electron chi connectivity index (χ0n) is 20.8. The van der Waals surface area contributed by atoms with Crippen LogP contribution in [0.2, 0.25) is 0 Å². The van der Waals surface area contributed by atoms with Gasteiger partial charge in [0.25, 0.3) is 5.91 Å². The van der Waals surface area contributed by atoms with Gasteiger partial charge in [-0.15, -0.1) is 0 Å². The predicted octanol–water partition coefficient (Wildman–Crippen LogP) is 4.52. The van der Waals surface area contributed by atoms with Crippen molar-refractivity contribution >= 4 is 33.2 Å². The summed E-state index contributed by atoms with van der Waals surface area (Å²) in [4.78, 5) is 37.6. The molecular formula is C28H25N5O4S. The number of amides is 2. The Morgan fingerprint density at radius 3 is 2.34 bits per heavy atom. The average Bonchev–Trinajstić information content (AvgIpc) is 3.75. The summed E-state index contributed by atoms with van der Waals surface area (Å²) in [5, 5.41) is 5.54. The maximum Gasteiger partial charge on any atom is 0.255 e. The van der Waals surface area contributed by atoms with Crippen LogP contribution in [0.1, 0.15) is 28.8 Å². The van der Waals surface area contributed by atoms with Crippen LogP contribution in [0.5, 0.6) is 0 Å². The van der Waals surface area contributed by atoms with Crippen LogP contribution in [0.4, 0.5) is 11.5 Å². The number of pyridine rings is 3. The Balaban J connectivity index is 1.39. The fraction of sp³-hybridized carbons (Fsp3) is 0.179. The fourth-order valence-corrected chi connectivity index (χ4v) is 4.55. The molecule has 1 saturated carbocycles. The van der Waals surface area contributed by atoms with Crippen LogP contribution >= 0.6 is 0 Å². The number of hydrogen-bond donors (Lipinski definition) is 2. The summed E-state index contributed by atoms with van der Waals surface area (Å²) in [6.07, 6.45) is 7.52. The highest BCUT2D eigenvalue weighted by atomic mass is 32.2. The van der Waals surface area contributed by atoms with Crippen LogP contribution in [0, 0.1) is 12.8 Å². The highest BCUT2D eigenvalue weighted by molar-refractivity contribution is 7.90. The lowest BCUT2D eigenvalue weighted by Crippen LogP contribution is -2.14. The van der Waals surface area contributed by atoms with E-state index in [1.54, 1.807) is 24.5 Å². The first-order valence-electron chi connectivity index (χ1n) is 12.0. The van der Waals surface area contributed by atoms with Gasteiger partial charge in [-0.2, -0.15) is 0 Å². The summed E-state index contributed by atoms with van der Waals surface area (Å²) in [5.74, 6) is 0.116. The second-order valence-corrected chi connectivity index (χ2v) is 11.2. The number of benzene rings is 1. The Hall–Kier alpha value is -4.44. The molecule has 2 N–H and O–H groups in total. The third kappa shape index (κ3) is 5.76. The highest BCUT2D eigenvalue weighted by Crippen LogP contribution is 2.32. The topological polar surface area (TPSA) is 131 Å². The fourth-order valence-electron chi connectivity index (χ4n) is 3.96. The molecule has 38 heavy (non-hydrogen) atoms. The molecule has 0 radical (unpaired) electrons. The summed E-state index contributed by atoms with van der Waals surface area (Å²) >= 11 is 0. The quantitative estimate of drug-likeness (QED) is 0.361. The Morgan fingerprint density at radius 1 is 0.842 bits per heavy atom. The van der Waals surface area contributed by atoms with Gasteiger partial charge in [-0.1, -0.05) is 6.07 Å². The molecule has 1 aromatic carbocycles. The molecule has 0 spiro atoms. The molecule has 10 heteroatoms. The SMILES string of the molecule is Cc1ccc(NC(=O)c2ccnc(S(C)(=O)=O)c2)cc1-c1ccnc(-c2ccnc(NC(=O)C3CC3)c2)c1. The van der Waals surface area contributed by atoms with Crippen molar-refractivity contribution in [2.24, 2.45) is 5.92 Å². The van der Waals surface area contributed by atoms with Crippen molar-refractivity contribution in [2.75, 3.05) is 16.9 Å². The van der Waals surface area contributed by atoms with Crippen molar-refractivity contribution < 1.29 is 18.0 Å². The third-order valence-electron chi connectivity index (χ3n) is 6.20. The van der Waals surface area contributed by atoms with Crippen LogP contribution in [0.15, 0.2) is 78.2 Å². The monoisotopic (exact) mass is 527 g/mol. The van der Waals surface area contributed by atoms with E-state index in [9.17, 15) is 18.0 Å².